The number of nitrogens with zero attached hydrogens (tertiary/aromatic N) is 1. The average molecular weight is 476 g/mol. The number of hydrogen-bond donors (Lipinski definition) is 1. The van der Waals surface area contributed by atoms with E-state index in [4.69, 9.17) is 0 Å². The molecule has 0 saturated heterocycles. The molecule has 0 spiro atoms. The van der Waals surface area contributed by atoms with Crippen molar-refractivity contribution in [1.29, 1.82) is 0 Å². The van der Waals surface area contributed by atoms with E-state index in [0.29, 0.717) is 0 Å². The molecule has 192 valence electrons. The second-order valence-electron chi connectivity index (χ2n) is 9.32. The summed E-state index contributed by atoms with van der Waals surface area (Å²) in [4.78, 5) is 2.38. The SMILES string of the molecule is CC.CCC.CC[NH2+]c1ccc2ccccc2c1C(C)(C)C/C=C/c1ccc(N(CC)CC)cc1. The van der Waals surface area contributed by atoms with E-state index >= 15 is 0 Å². The zero-order valence-corrected chi connectivity index (χ0v) is 24.0. The van der Waals surface area contributed by atoms with Gasteiger partial charge in [-0.15, -0.1) is 0 Å². The van der Waals surface area contributed by atoms with Crippen LogP contribution in [0.4, 0.5) is 11.4 Å². The van der Waals surface area contributed by atoms with Crippen molar-refractivity contribution in [3.8, 4) is 0 Å². The van der Waals surface area contributed by atoms with E-state index in [9.17, 15) is 0 Å². The number of fused-ring (bicyclic) bond motifs is 1. The first-order valence-corrected chi connectivity index (χ1v) is 13.8. The maximum atomic E-state index is 2.38. The molecule has 2 nitrogen and oxygen atoms in total. The highest BCUT2D eigenvalue weighted by molar-refractivity contribution is 5.89. The van der Waals surface area contributed by atoms with E-state index in [1.807, 2.05) is 13.8 Å². The molecule has 2 heteroatoms. The highest BCUT2D eigenvalue weighted by atomic mass is 15.1. The monoisotopic (exact) mass is 475 g/mol. The summed E-state index contributed by atoms with van der Waals surface area (Å²) in [5, 5.41) is 5.06. The molecule has 3 aromatic carbocycles. The first-order chi connectivity index (χ1) is 16.9. The van der Waals surface area contributed by atoms with Gasteiger partial charge in [-0.1, -0.05) is 96.5 Å². The van der Waals surface area contributed by atoms with Gasteiger partial charge in [-0.25, -0.2) is 0 Å². The lowest BCUT2D eigenvalue weighted by Gasteiger charge is -2.27. The standard InChI is InChI=1S/C28H36N2.C3H8.C2H6/c1-6-29-26-20-17-23-13-9-10-14-25(23)27(26)28(4,5)21-11-12-22-15-18-24(19-16-22)30(7-2)8-3;1-3-2;1-2/h9-20,29H,6-8,21H2,1-5H3;3H2,1-2H3;1-2H3/p+1/b12-11+;;. The topological polar surface area (TPSA) is 19.9 Å². The third kappa shape index (κ3) is 8.85. The van der Waals surface area contributed by atoms with Crippen molar-refractivity contribution >= 4 is 28.2 Å². The largest absolute Gasteiger partial charge is 0.372 e. The third-order valence-corrected chi connectivity index (χ3v) is 6.02. The number of allylic oxidation sites excluding steroid dienone is 1. The van der Waals surface area contributed by atoms with Crippen molar-refractivity contribution in [2.75, 3.05) is 24.5 Å². The molecule has 3 rings (SSSR count). The molecule has 0 fully saturated rings. The van der Waals surface area contributed by atoms with Crippen molar-refractivity contribution in [1.82, 2.24) is 0 Å². The fourth-order valence-corrected chi connectivity index (χ4v) is 4.41. The number of nitrogens with two attached hydrogens (primary N) is 1. The molecular weight excluding hydrogens is 424 g/mol. The predicted molar refractivity (Wildman–Crippen MR) is 160 cm³/mol. The maximum absolute atomic E-state index is 2.38. The highest BCUT2D eigenvalue weighted by Crippen LogP contribution is 2.37. The number of quaternary nitrogens is 1. The summed E-state index contributed by atoms with van der Waals surface area (Å²) in [6.45, 7) is 22.8. The summed E-state index contributed by atoms with van der Waals surface area (Å²) in [7, 11) is 0. The fraction of sp³-hybridized carbons (Fsp3) is 0.455. The summed E-state index contributed by atoms with van der Waals surface area (Å²) < 4.78 is 0. The van der Waals surface area contributed by atoms with Gasteiger partial charge in [0.15, 0.2) is 0 Å². The van der Waals surface area contributed by atoms with Crippen LogP contribution in [0.1, 0.15) is 86.3 Å². The maximum Gasteiger partial charge on any atom is 0.133 e. The van der Waals surface area contributed by atoms with Gasteiger partial charge < -0.3 is 10.2 Å². The summed E-state index contributed by atoms with van der Waals surface area (Å²) >= 11 is 0. The quantitative estimate of drug-likeness (QED) is 0.307. The van der Waals surface area contributed by atoms with Crippen molar-refractivity contribution in [2.45, 2.75) is 80.6 Å². The Bertz CT molecular complexity index is 995. The Hall–Kier alpha value is -2.58. The van der Waals surface area contributed by atoms with Gasteiger partial charge >= 0.3 is 0 Å². The van der Waals surface area contributed by atoms with Crippen molar-refractivity contribution in [2.24, 2.45) is 0 Å². The van der Waals surface area contributed by atoms with Crippen molar-refractivity contribution in [3.05, 3.63) is 77.9 Å². The van der Waals surface area contributed by atoms with Crippen LogP contribution < -0.4 is 10.2 Å². The van der Waals surface area contributed by atoms with Crippen LogP contribution in [0.5, 0.6) is 0 Å². The Kier molecular flexibility index (Phi) is 14.1. The number of benzene rings is 3. The second-order valence-corrected chi connectivity index (χ2v) is 9.32. The fourth-order valence-electron chi connectivity index (χ4n) is 4.41. The minimum atomic E-state index is 0.0551. The van der Waals surface area contributed by atoms with Crippen molar-refractivity contribution < 1.29 is 5.32 Å². The van der Waals surface area contributed by atoms with Gasteiger partial charge in [0, 0.05) is 24.3 Å². The van der Waals surface area contributed by atoms with Gasteiger partial charge in [-0.2, -0.15) is 0 Å². The molecular formula is C33H51N2+. The van der Waals surface area contributed by atoms with Crippen molar-refractivity contribution in [3.63, 3.8) is 0 Å². The van der Waals surface area contributed by atoms with Crippen LogP contribution in [0.2, 0.25) is 0 Å². The van der Waals surface area contributed by atoms with E-state index in [-0.39, 0.29) is 5.41 Å². The Labute approximate surface area is 216 Å². The lowest BCUT2D eigenvalue weighted by molar-refractivity contribution is -0.568. The molecule has 3 aromatic rings. The average Bonchev–Trinajstić information content (AvgIpc) is 2.87. The first kappa shape index (κ1) is 30.5. The van der Waals surface area contributed by atoms with Crippen LogP contribution in [0, 0.1) is 0 Å². The molecule has 35 heavy (non-hydrogen) atoms. The Morgan fingerprint density at radius 1 is 0.800 bits per heavy atom. The zero-order valence-electron chi connectivity index (χ0n) is 24.0. The summed E-state index contributed by atoms with van der Waals surface area (Å²) in [6, 6.07) is 22.2. The van der Waals surface area contributed by atoms with Crippen LogP contribution in [0.15, 0.2) is 66.7 Å². The Morgan fingerprint density at radius 2 is 1.40 bits per heavy atom. The Morgan fingerprint density at radius 3 is 1.97 bits per heavy atom. The number of anilines is 1. The van der Waals surface area contributed by atoms with Crippen LogP contribution in [0.3, 0.4) is 0 Å². The molecule has 2 N–H and O–H groups in total. The number of rotatable bonds is 9. The van der Waals surface area contributed by atoms with Crippen LogP contribution in [-0.4, -0.2) is 19.6 Å². The van der Waals surface area contributed by atoms with Crippen LogP contribution in [-0.2, 0) is 5.41 Å². The molecule has 0 saturated carbocycles. The minimum Gasteiger partial charge on any atom is -0.372 e. The summed E-state index contributed by atoms with van der Waals surface area (Å²) in [6.07, 6.45) is 6.86. The first-order valence-electron chi connectivity index (χ1n) is 13.8. The smallest absolute Gasteiger partial charge is 0.133 e. The lowest BCUT2D eigenvalue weighted by Crippen LogP contribution is -2.77. The van der Waals surface area contributed by atoms with E-state index < -0.39 is 0 Å². The summed E-state index contributed by atoms with van der Waals surface area (Å²) in [5.74, 6) is 0. The van der Waals surface area contributed by atoms with E-state index in [0.717, 1.165) is 26.1 Å². The Balaban J connectivity index is 0.00000114. The molecule has 0 amide bonds. The molecule has 0 atom stereocenters. The number of hydrogen-bond acceptors (Lipinski definition) is 1. The molecule has 0 aliphatic carbocycles. The molecule has 0 aliphatic heterocycles. The predicted octanol–water partition coefficient (Wildman–Crippen LogP) is 8.72. The van der Waals surface area contributed by atoms with E-state index in [2.05, 4.69) is 131 Å². The normalized spacial score (nSPS) is 11.0. The van der Waals surface area contributed by atoms with Gasteiger partial charge in [0.1, 0.15) is 5.69 Å². The van der Waals surface area contributed by atoms with E-state index in [1.165, 1.54) is 39.7 Å². The van der Waals surface area contributed by atoms with Gasteiger partial charge in [-0.05, 0) is 73.2 Å². The molecule has 0 heterocycles. The van der Waals surface area contributed by atoms with Gasteiger partial charge in [-0.3, -0.25) is 0 Å². The molecule has 0 aromatic heterocycles. The van der Waals surface area contributed by atoms with Gasteiger partial charge in [0.2, 0.25) is 0 Å². The molecule has 0 bridgehead atoms. The minimum absolute atomic E-state index is 0.0551. The zero-order chi connectivity index (χ0) is 26.3. The lowest BCUT2D eigenvalue weighted by atomic mass is 9.78. The highest BCUT2D eigenvalue weighted by Gasteiger charge is 2.26. The van der Waals surface area contributed by atoms with Crippen LogP contribution >= 0.6 is 0 Å². The molecule has 0 unspecified atom stereocenters. The summed E-state index contributed by atoms with van der Waals surface area (Å²) in [5.41, 5.74) is 5.45. The molecule has 0 aliphatic rings. The molecule has 0 radical (unpaired) electrons. The second kappa shape index (κ2) is 16.2. The van der Waals surface area contributed by atoms with Crippen LogP contribution in [0.25, 0.3) is 16.8 Å². The van der Waals surface area contributed by atoms with E-state index in [1.54, 1.807) is 0 Å². The van der Waals surface area contributed by atoms with Gasteiger partial charge in [0.25, 0.3) is 0 Å². The third-order valence-electron chi connectivity index (χ3n) is 6.02. The van der Waals surface area contributed by atoms with Gasteiger partial charge in [0.05, 0.1) is 6.54 Å².